The minimum atomic E-state index is -0.382. The third kappa shape index (κ3) is 5.07. The normalized spacial score (nSPS) is 23.3. The molecule has 1 fully saturated rings. The van der Waals surface area contributed by atoms with Crippen LogP contribution >= 0.6 is 23.1 Å². The van der Waals surface area contributed by atoms with Gasteiger partial charge in [-0.1, -0.05) is 19.3 Å². The number of carbonyl (C=O) groups excluding carboxylic acids is 1. The number of aromatic nitrogens is 1. The van der Waals surface area contributed by atoms with Gasteiger partial charge >= 0.3 is 0 Å². The number of amides is 1. The molecule has 4 nitrogen and oxygen atoms in total. The summed E-state index contributed by atoms with van der Waals surface area (Å²) in [6, 6.07) is -0.0629. The Balaban J connectivity index is 1.69. The fourth-order valence-electron chi connectivity index (χ4n) is 2.43. The number of aliphatic hydroxyl groups excluding tert-OH is 1. The van der Waals surface area contributed by atoms with Crippen LogP contribution in [0, 0.1) is 6.92 Å². The lowest BCUT2D eigenvalue weighted by atomic mass is 10.1. The maximum Gasteiger partial charge on any atom is 0.230 e. The summed E-state index contributed by atoms with van der Waals surface area (Å²) in [6.45, 7) is 1.99. The van der Waals surface area contributed by atoms with Crippen molar-refractivity contribution in [1.82, 2.24) is 10.3 Å². The van der Waals surface area contributed by atoms with Crippen molar-refractivity contribution in [3.8, 4) is 0 Å². The van der Waals surface area contributed by atoms with Crippen molar-refractivity contribution in [3.63, 3.8) is 0 Å². The first-order valence-electron chi connectivity index (χ1n) is 7.11. The van der Waals surface area contributed by atoms with Crippen LogP contribution in [0.3, 0.4) is 0 Å². The molecule has 1 aromatic heterocycles. The van der Waals surface area contributed by atoms with Crippen LogP contribution in [-0.2, 0) is 10.5 Å². The maximum atomic E-state index is 11.9. The lowest BCUT2D eigenvalue weighted by Gasteiger charge is -2.21. The number of aryl methyl sites for hydroxylation is 1. The van der Waals surface area contributed by atoms with Crippen LogP contribution in [0.5, 0.6) is 0 Å². The molecule has 112 valence electrons. The highest BCUT2D eigenvalue weighted by Gasteiger charge is 2.22. The molecule has 1 aliphatic carbocycles. The number of hydrogen-bond acceptors (Lipinski definition) is 5. The molecule has 1 aromatic rings. The predicted molar refractivity (Wildman–Crippen MR) is 84.0 cm³/mol. The number of rotatable bonds is 5. The standard InChI is InChI=1S/C14H22N2O2S2/c1-10-15-11(8-20-10)7-19-9-14(18)16-12-5-3-2-4-6-13(12)17/h8,12-13,17H,2-7,9H2,1H3,(H,16,18). The molecule has 0 bridgehead atoms. The second kappa shape index (κ2) is 8.00. The van der Waals surface area contributed by atoms with Crippen molar-refractivity contribution in [3.05, 3.63) is 16.1 Å². The van der Waals surface area contributed by atoms with E-state index in [4.69, 9.17) is 0 Å². The molecule has 0 radical (unpaired) electrons. The van der Waals surface area contributed by atoms with Crippen molar-refractivity contribution >= 4 is 29.0 Å². The zero-order chi connectivity index (χ0) is 14.4. The van der Waals surface area contributed by atoms with Crippen LogP contribution in [0.4, 0.5) is 0 Å². The minimum Gasteiger partial charge on any atom is -0.391 e. The van der Waals surface area contributed by atoms with E-state index in [1.807, 2.05) is 12.3 Å². The quantitative estimate of drug-likeness (QED) is 0.820. The molecule has 6 heteroatoms. The summed E-state index contributed by atoms with van der Waals surface area (Å²) in [5.74, 6) is 1.22. The molecule has 2 atom stereocenters. The number of thiazole rings is 1. The first kappa shape index (κ1) is 15.8. The monoisotopic (exact) mass is 314 g/mol. The number of nitrogens with one attached hydrogen (secondary N) is 1. The van der Waals surface area contributed by atoms with Gasteiger partial charge < -0.3 is 10.4 Å². The van der Waals surface area contributed by atoms with Crippen molar-refractivity contribution in [2.75, 3.05) is 5.75 Å². The van der Waals surface area contributed by atoms with Crippen molar-refractivity contribution in [2.45, 2.75) is 56.9 Å². The summed E-state index contributed by atoms with van der Waals surface area (Å²) in [5.41, 5.74) is 1.04. The Morgan fingerprint density at radius 2 is 2.30 bits per heavy atom. The molecule has 0 saturated heterocycles. The van der Waals surface area contributed by atoms with E-state index in [-0.39, 0.29) is 18.1 Å². The molecule has 0 spiro atoms. The van der Waals surface area contributed by atoms with E-state index in [0.717, 1.165) is 48.6 Å². The van der Waals surface area contributed by atoms with E-state index in [2.05, 4.69) is 10.3 Å². The molecule has 20 heavy (non-hydrogen) atoms. The average Bonchev–Trinajstić information content (AvgIpc) is 2.71. The molecular weight excluding hydrogens is 292 g/mol. The van der Waals surface area contributed by atoms with Gasteiger partial charge in [0.2, 0.25) is 5.91 Å². The minimum absolute atomic E-state index is 0.0212. The summed E-state index contributed by atoms with van der Waals surface area (Å²) in [5, 5.41) is 16.0. The molecule has 1 amide bonds. The highest BCUT2D eigenvalue weighted by Crippen LogP contribution is 2.19. The van der Waals surface area contributed by atoms with Gasteiger partial charge in [-0.25, -0.2) is 4.98 Å². The summed E-state index contributed by atoms with van der Waals surface area (Å²) >= 11 is 3.21. The number of carbonyl (C=O) groups is 1. The largest absolute Gasteiger partial charge is 0.391 e. The average molecular weight is 314 g/mol. The molecule has 1 saturated carbocycles. The number of nitrogens with zero attached hydrogens (tertiary/aromatic N) is 1. The molecule has 0 aliphatic heterocycles. The van der Waals surface area contributed by atoms with Crippen LogP contribution in [0.15, 0.2) is 5.38 Å². The number of hydrogen-bond donors (Lipinski definition) is 2. The van der Waals surface area contributed by atoms with E-state index >= 15 is 0 Å². The summed E-state index contributed by atoms with van der Waals surface area (Å²) in [7, 11) is 0. The Hall–Kier alpha value is -0.590. The van der Waals surface area contributed by atoms with Crippen LogP contribution in [0.25, 0.3) is 0 Å². The molecular formula is C14H22N2O2S2. The van der Waals surface area contributed by atoms with Gasteiger partial charge in [-0.3, -0.25) is 4.79 Å². The van der Waals surface area contributed by atoms with Crippen molar-refractivity contribution < 1.29 is 9.90 Å². The highest BCUT2D eigenvalue weighted by atomic mass is 32.2. The van der Waals surface area contributed by atoms with Gasteiger partial charge in [0.1, 0.15) is 0 Å². The first-order chi connectivity index (χ1) is 9.65. The van der Waals surface area contributed by atoms with Crippen LogP contribution in [0.2, 0.25) is 0 Å². The smallest absolute Gasteiger partial charge is 0.230 e. The SMILES string of the molecule is Cc1nc(CSCC(=O)NC2CCCCCC2O)cs1. The Bertz CT molecular complexity index is 437. The number of thioether (sulfide) groups is 1. The van der Waals surface area contributed by atoms with E-state index in [1.54, 1.807) is 23.1 Å². The second-order valence-corrected chi connectivity index (χ2v) is 7.28. The Kier molecular flexibility index (Phi) is 6.32. The first-order valence-corrected chi connectivity index (χ1v) is 9.15. The molecule has 2 unspecified atom stereocenters. The third-order valence-electron chi connectivity index (χ3n) is 3.48. The second-order valence-electron chi connectivity index (χ2n) is 5.23. The molecule has 2 rings (SSSR count). The van der Waals surface area contributed by atoms with Gasteiger partial charge in [0.25, 0.3) is 0 Å². The van der Waals surface area contributed by atoms with Gasteiger partial charge in [-0.15, -0.1) is 23.1 Å². The van der Waals surface area contributed by atoms with Crippen LogP contribution < -0.4 is 5.32 Å². The fourth-order valence-corrected chi connectivity index (χ4v) is 3.87. The van der Waals surface area contributed by atoms with Gasteiger partial charge in [-0.05, 0) is 19.8 Å². The van der Waals surface area contributed by atoms with E-state index in [1.165, 1.54) is 0 Å². The molecule has 2 N–H and O–H groups in total. The highest BCUT2D eigenvalue weighted by molar-refractivity contribution is 7.99. The summed E-state index contributed by atoms with van der Waals surface area (Å²) in [6.07, 6.45) is 4.62. The Morgan fingerprint density at radius 1 is 1.50 bits per heavy atom. The lowest BCUT2D eigenvalue weighted by Crippen LogP contribution is -2.43. The molecule has 1 aliphatic rings. The van der Waals surface area contributed by atoms with Gasteiger partial charge in [-0.2, -0.15) is 0 Å². The maximum absolute atomic E-state index is 11.9. The zero-order valence-corrected chi connectivity index (χ0v) is 13.4. The van der Waals surface area contributed by atoms with E-state index in [9.17, 15) is 9.90 Å². The fraction of sp³-hybridized carbons (Fsp3) is 0.714. The summed E-state index contributed by atoms with van der Waals surface area (Å²) in [4.78, 5) is 16.3. The van der Waals surface area contributed by atoms with Crippen LogP contribution in [0.1, 0.15) is 42.8 Å². The zero-order valence-electron chi connectivity index (χ0n) is 11.8. The number of aliphatic hydroxyl groups is 1. The van der Waals surface area contributed by atoms with Crippen molar-refractivity contribution in [1.29, 1.82) is 0 Å². The lowest BCUT2D eigenvalue weighted by molar-refractivity contribution is -0.120. The van der Waals surface area contributed by atoms with Gasteiger partial charge in [0.15, 0.2) is 0 Å². The van der Waals surface area contributed by atoms with Crippen LogP contribution in [-0.4, -0.2) is 33.9 Å². The molecule has 1 heterocycles. The summed E-state index contributed by atoms with van der Waals surface area (Å²) < 4.78 is 0. The van der Waals surface area contributed by atoms with E-state index in [0.29, 0.717) is 5.75 Å². The van der Waals surface area contributed by atoms with E-state index < -0.39 is 0 Å². The van der Waals surface area contributed by atoms with Crippen molar-refractivity contribution in [2.24, 2.45) is 0 Å². The Morgan fingerprint density at radius 3 is 3.05 bits per heavy atom. The topological polar surface area (TPSA) is 62.2 Å². The van der Waals surface area contributed by atoms with Gasteiger partial charge in [0.05, 0.1) is 28.6 Å². The molecule has 0 aromatic carbocycles. The Labute approximate surface area is 128 Å². The predicted octanol–water partition coefficient (Wildman–Crippen LogP) is 2.49. The third-order valence-corrected chi connectivity index (χ3v) is 5.26. The van der Waals surface area contributed by atoms with Gasteiger partial charge in [0, 0.05) is 11.1 Å².